The van der Waals surface area contributed by atoms with Crippen molar-refractivity contribution in [3.8, 4) is 17.2 Å². The van der Waals surface area contributed by atoms with Gasteiger partial charge in [-0.15, -0.1) is 0 Å². The topological polar surface area (TPSA) is 83.1 Å². The minimum Gasteiger partial charge on any atom is -0.493 e. The van der Waals surface area contributed by atoms with Gasteiger partial charge in [-0.1, -0.05) is 32.8 Å². The molecule has 0 saturated heterocycles. The molecule has 196 valence electrons. The summed E-state index contributed by atoms with van der Waals surface area (Å²) in [7, 11) is 4.67. The number of esters is 1. The van der Waals surface area contributed by atoms with E-state index in [9.17, 15) is 9.59 Å². The van der Waals surface area contributed by atoms with Gasteiger partial charge in [0.25, 0.3) is 0 Å². The maximum Gasteiger partial charge on any atom is 0.337 e. The predicted octanol–water partition coefficient (Wildman–Crippen LogP) is 5.58. The Kier molecular flexibility index (Phi) is 7.67. The minimum atomic E-state index is -0.627. The molecule has 1 aromatic carbocycles. The van der Waals surface area contributed by atoms with E-state index in [0.29, 0.717) is 52.5 Å². The molecule has 4 rings (SSSR count). The van der Waals surface area contributed by atoms with Crippen molar-refractivity contribution < 1.29 is 28.5 Å². The Morgan fingerprint density at radius 2 is 1.61 bits per heavy atom. The Balaban J connectivity index is 1.85. The molecule has 1 aliphatic heterocycles. The second-order valence-electron chi connectivity index (χ2n) is 10.9. The lowest BCUT2D eigenvalue weighted by Gasteiger charge is -2.40. The number of ether oxygens (including phenoxy) is 4. The Morgan fingerprint density at radius 3 is 2.22 bits per heavy atom. The molecule has 1 fully saturated rings. The fraction of sp³-hybridized carbons (Fsp3) is 0.586. The number of carbonyl (C=O) groups is 2. The number of carbonyl (C=O) groups excluding carboxylic acids is 2. The highest BCUT2D eigenvalue weighted by Crippen LogP contribution is 2.52. The average molecular weight is 498 g/mol. The third-order valence-electron chi connectivity index (χ3n) is 7.58. The van der Waals surface area contributed by atoms with E-state index in [1.165, 1.54) is 12.8 Å². The van der Waals surface area contributed by atoms with Gasteiger partial charge in [0.1, 0.15) is 6.10 Å². The molecule has 7 nitrogen and oxygen atoms in total. The highest BCUT2D eigenvalue weighted by Gasteiger charge is 2.45. The molecule has 0 bridgehead atoms. The minimum absolute atomic E-state index is 0.0304. The summed E-state index contributed by atoms with van der Waals surface area (Å²) in [6.45, 7) is 6.08. The quantitative estimate of drug-likeness (QED) is 0.406. The summed E-state index contributed by atoms with van der Waals surface area (Å²) in [6.07, 6.45) is 7.21. The summed E-state index contributed by atoms with van der Waals surface area (Å²) in [6, 6.07) is 3.65. The van der Waals surface area contributed by atoms with Crippen LogP contribution in [0.1, 0.15) is 83.6 Å². The predicted molar refractivity (Wildman–Crippen MR) is 137 cm³/mol. The highest BCUT2D eigenvalue weighted by atomic mass is 16.5. The molecule has 1 heterocycles. The van der Waals surface area contributed by atoms with Crippen LogP contribution in [0.2, 0.25) is 0 Å². The Bertz CT molecular complexity index is 1090. The van der Waals surface area contributed by atoms with Crippen molar-refractivity contribution in [3.63, 3.8) is 0 Å². The third-order valence-corrected chi connectivity index (χ3v) is 7.58. The van der Waals surface area contributed by atoms with Crippen LogP contribution in [-0.4, -0.2) is 39.2 Å². The third kappa shape index (κ3) is 4.97. The normalized spacial score (nSPS) is 22.4. The largest absolute Gasteiger partial charge is 0.493 e. The Hall–Kier alpha value is -2.96. The number of ketones is 1. The molecule has 1 atom stereocenters. The summed E-state index contributed by atoms with van der Waals surface area (Å²) in [5.41, 5.74) is 3.15. The molecular weight excluding hydrogens is 458 g/mol. The number of rotatable bonds is 6. The number of methoxy groups -OCH3 is 3. The number of allylic oxidation sites excluding steroid dienone is 3. The number of hydrogen-bond acceptors (Lipinski definition) is 7. The van der Waals surface area contributed by atoms with Gasteiger partial charge >= 0.3 is 5.97 Å². The molecule has 1 saturated carbocycles. The molecule has 0 spiro atoms. The summed E-state index contributed by atoms with van der Waals surface area (Å²) in [4.78, 5) is 27.5. The van der Waals surface area contributed by atoms with E-state index in [2.05, 4.69) is 19.2 Å². The SMILES string of the molecule is COc1ccc([C@H]2C(C(=O)OC3CCCCCC3)=C(C)NC3=C2C(=O)CC(C)(C)C3)c(OC)c1OC. The summed E-state index contributed by atoms with van der Waals surface area (Å²) < 4.78 is 23.0. The van der Waals surface area contributed by atoms with Crippen LogP contribution >= 0.6 is 0 Å². The lowest BCUT2D eigenvalue weighted by Crippen LogP contribution is -2.39. The van der Waals surface area contributed by atoms with Crippen molar-refractivity contribution in [2.24, 2.45) is 5.41 Å². The second-order valence-corrected chi connectivity index (χ2v) is 10.9. The fourth-order valence-electron chi connectivity index (χ4n) is 5.94. The molecule has 0 amide bonds. The lowest BCUT2D eigenvalue weighted by atomic mass is 9.68. The van der Waals surface area contributed by atoms with Crippen LogP contribution in [-0.2, 0) is 14.3 Å². The maximum absolute atomic E-state index is 13.8. The van der Waals surface area contributed by atoms with Crippen molar-refractivity contribution in [1.82, 2.24) is 5.32 Å². The molecule has 1 N–H and O–H groups in total. The van der Waals surface area contributed by atoms with E-state index in [0.717, 1.165) is 31.4 Å². The van der Waals surface area contributed by atoms with Crippen molar-refractivity contribution in [3.05, 3.63) is 40.2 Å². The first-order valence-corrected chi connectivity index (χ1v) is 12.9. The number of nitrogens with one attached hydrogen (secondary N) is 1. The molecule has 0 aromatic heterocycles. The van der Waals surface area contributed by atoms with Crippen molar-refractivity contribution in [2.45, 2.75) is 84.2 Å². The number of hydrogen-bond donors (Lipinski definition) is 1. The van der Waals surface area contributed by atoms with Crippen molar-refractivity contribution >= 4 is 11.8 Å². The zero-order valence-corrected chi connectivity index (χ0v) is 22.4. The number of dihydropyridines is 1. The van der Waals surface area contributed by atoms with Crippen LogP contribution < -0.4 is 19.5 Å². The van der Waals surface area contributed by atoms with Crippen LogP contribution in [0.3, 0.4) is 0 Å². The second kappa shape index (κ2) is 10.6. The summed E-state index contributed by atoms with van der Waals surface area (Å²) in [5, 5.41) is 3.41. The summed E-state index contributed by atoms with van der Waals surface area (Å²) >= 11 is 0. The highest BCUT2D eigenvalue weighted by molar-refractivity contribution is 6.04. The van der Waals surface area contributed by atoms with Crippen LogP contribution in [0, 0.1) is 5.41 Å². The first-order chi connectivity index (χ1) is 17.2. The Morgan fingerprint density at radius 1 is 0.944 bits per heavy atom. The van der Waals surface area contributed by atoms with Crippen LogP contribution in [0.15, 0.2) is 34.7 Å². The lowest BCUT2D eigenvalue weighted by molar-refractivity contribution is -0.145. The number of Topliss-reactive ketones (excluding diaryl/α,β-unsaturated/α-hetero) is 1. The molecule has 0 radical (unpaired) electrons. The monoisotopic (exact) mass is 497 g/mol. The molecule has 7 heteroatoms. The molecule has 0 unspecified atom stereocenters. The molecule has 1 aromatic rings. The van der Waals surface area contributed by atoms with Gasteiger partial charge < -0.3 is 24.3 Å². The van der Waals surface area contributed by atoms with E-state index in [4.69, 9.17) is 18.9 Å². The van der Waals surface area contributed by atoms with Gasteiger partial charge in [0.2, 0.25) is 5.75 Å². The zero-order valence-electron chi connectivity index (χ0n) is 22.4. The van der Waals surface area contributed by atoms with Gasteiger partial charge in [-0.25, -0.2) is 4.79 Å². The average Bonchev–Trinajstić information content (AvgIpc) is 3.09. The van der Waals surface area contributed by atoms with Crippen molar-refractivity contribution in [2.75, 3.05) is 21.3 Å². The molecule has 2 aliphatic carbocycles. The van der Waals surface area contributed by atoms with E-state index in [-0.39, 0.29) is 23.3 Å². The smallest absolute Gasteiger partial charge is 0.337 e. The van der Waals surface area contributed by atoms with E-state index in [1.807, 2.05) is 13.0 Å². The van der Waals surface area contributed by atoms with Crippen LogP contribution in [0.25, 0.3) is 0 Å². The standard InChI is InChI=1S/C29H39NO6/c1-17-23(28(32)36-18-11-9-7-8-10-12-18)24(25-20(30-17)15-29(2,3)16-21(25)31)19-13-14-22(33-4)27(35-6)26(19)34-5/h13-14,18,24,30H,7-12,15-16H2,1-6H3/t24-/m0/s1. The van der Waals surface area contributed by atoms with E-state index < -0.39 is 5.92 Å². The van der Waals surface area contributed by atoms with Crippen LogP contribution in [0.4, 0.5) is 0 Å². The summed E-state index contributed by atoms with van der Waals surface area (Å²) in [5.74, 6) is 0.413. The fourth-order valence-corrected chi connectivity index (χ4v) is 5.94. The van der Waals surface area contributed by atoms with Gasteiger partial charge in [-0.3, -0.25) is 4.79 Å². The van der Waals surface area contributed by atoms with Crippen LogP contribution in [0.5, 0.6) is 17.2 Å². The van der Waals surface area contributed by atoms with Crippen molar-refractivity contribution in [1.29, 1.82) is 0 Å². The first-order valence-electron chi connectivity index (χ1n) is 12.9. The van der Waals surface area contributed by atoms with Gasteiger partial charge in [0.15, 0.2) is 17.3 Å². The zero-order chi connectivity index (χ0) is 26.0. The first kappa shape index (κ1) is 26.1. The molecular formula is C29H39NO6. The van der Waals surface area contributed by atoms with Gasteiger partial charge in [0, 0.05) is 29.0 Å². The van der Waals surface area contributed by atoms with Gasteiger partial charge in [0.05, 0.1) is 32.8 Å². The number of benzene rings is 1. The van der Waals surface area contributed by atoms with Gasteiger partial charge in [-0.05, 0) is 50.5 Å². The van der Waals surface area contributed by atoms with Gasteiger partial charge in [-0.2, -0.15) is 0 Å². The maximum atomic E-state index is 13.8. The van der Waals surface area contributed by atoms with E-state index in [1.54, 1.807) is 27.4 Å². The molecule has 3 aliphatic rings. The Labute approximate surface area is 214 Å². The van der Waals surface area contributed by atoms with E-state index >= 15 is 0 Å². The molecule has 36 heavy (non-hydrogen) atoms.